The predicted molar refractivity (Wildman–Crippen MR) is 344 cm³/mol. The molecule has 10 heteroatoms. The number of nitrogens with zero attached hydrogens (tertiary/aromatic N) is 1. The third-order valence-electron chi connectivity index (χ3n) is 13.9. The highest BCUT2D eigenvalue weighted by Gasteiger charge is 2.27. The van der Waals surface area contributed by atoms with Crippen molar-refractivity contribution in [2.24, 2.45) is 0 Å². The quantitative estimate of drug-likeness (QED) is 0.0212. The average Bonchev–Trinajstić information content (AvgIpc) is 3.42. The highest BCUT2D eigenvalue weighted by atomic mass is 31.2. The van der Waals surface area contributed by atoms with E-state index in [4.69, 9.17) is 13.8 Å². The number of nitrogens with one attached hydrogen (secondary N) is 1. The molecule has 3 atom stereocenters. The van der Waals surface area contributed by atoms with Crippen LogP contribution < -0.4 is 10.2 Å². The molecule has 0 saturated heterocycles. The highest BCUT2D eigenvalue weighted by Crippen LogP contribution is 2.38. The number of carbonyl (C=O) groups is 2. The lowest BCUT2D eigenvalue weighted by Gasteiger charge is -2.30. The van der Waals surface area contributed by atoms with Gasteiger partial charge in [-0.05, 0) is 115 Å². The second-order valence-electron chi connectivity index (χ2n) is 22.9. The average molecular weight is 1140 g/mol. The van der Waals surface area contributed by atoms with E-state index in [-0.39, 0.29) is 18.9 Å². The second-order valence-corrected chi connectivity index (χ2v) is 24.3. The first kappa shape index (κ1) is 76.7. The molecule has 460 valence electrons. The molecule has 80 heavy (non-hydrogen) atoms. The van der Waals surface area contributed by atoms with Gasteiger partial charge in [-0.25, -0.2) is 0 Å². The molecular weight excluding hydrogens is 1010 g/mol. The van der Waals surface area contributed by atoms with Crippen LogP contribution in [0.1, 0.15) is 271 Å². The molecule has 0 bridgehead atoms. The van der Waals surface area contributed by atoms with E-state index < -0.39 is 32.5 Å². The van der Waals surface area contributed by atoms with Gasteiger partial charge in [0.2, 0.25) is 5.91 Å². The molecule has 1 N–H and O–H groups in total. The van der Waals surface area contributed by atoms with Gasteiger partial charge in [0.25, 0.3) is 7.82 Å². The maximum Gasteiger partial charge on any atom is 0.306 e. The molecule has 0 heterocycles. The molecule has 1 amide bonds. The van der Waals surface area contributed by atoms with E-state index in [2.05, 4.69) is 123 Å². The Kier molecular flexibility index (Phi) is 56.4. The summed E-state index contributed by atoms with van der Waals surface area (Å²) in [5, 5.41) is 3.01. The summed E-state index contributed by atoms with van der Waals surface area (Å²) in [5.74, 6) is -0.617. The van der Waals surface area contributed by atoms with Crippen molar-refractivity contribution < 1.29 is 37.3 Å². The number of phosphoric acid groups is 1. The molecule has 0 aromatic heterocycles. The van der Waals surface area contributed by atoms with Gasteiger partial charge in [-0.3, -0.25) is 14.2 Å². The third-order valence-corrected chi connectivity index (χ3v) is 14.9. The van der Waals surface area contributed by atoms with Crippen LogP contribution >= 0.6 is 7.82 Å². The minimum atomic E-state index is -4.72. The smallest absolute Gasteiger partial charge is 0.306 e. The number of likely N-dealkylation sites (N-methyl/N-ethyl adjacent to an activating group) is 1. The number of hydrogen-bond acceptors (Lipinski definition) is 7. The Hall–Kier alpha value is -3.33. The maximum atomic E-state index is 13.6. The standard InChI is InChI=1S/C70H123N2O7P/c1-7-10-13-16-19-22-25-28-30-32-33-34-35-36-37-38-39-41-42-44-47-50-53-56-59-62-69(73)71-67(66-78-80(75,76)77-65-64-72(4,5)6)68(61-58-55-52-49-46-27-24-21-18-15-12-9-3)79-70(74)63-60-57-54-51-48-45-43-40-31-29-26-23-20-17-14-11-8-2/h19-20,22-23,28-31,33-34,36-37,43,45,51,54,58,61,67-68H,7-18,21,24-27,32,35,38-42,44,46-50,52-53,55-57,59-60,62-66H2,1-6H3,(H-,71,73,75,76)/b22-19-,23-20-,30-28-,31-29-,34-33-,37-36-,45-43-,54-51-,61-58-. The molecule has 0 aromatic rings. The number of quaternary nitrogens is 1. The van der Waals surface area contributed by atoms with Gasteiger partial charge in [0.1, 0.15) is 19.3 Å². The fourth-order valence-electron chi connectivity index (χ4n) is 8.85. The second kappa shape index (κ2) is 58.9. The zero-order valence-corrected chi connectivity index (χ0v) is 53.4. The SMILES string of the molecule is CCCCC/C=C\C/C=C\C/C=C\C/C=C\CCCCCCCCCCCC(=O)NC(COP(=O)([O-])OCC[N+](C)(C)C)C(/C=C\CCCCCCCCCCCC)OC(=O)CCC/C=C\C/C=C\C/C=C\C/C=C\CCCCC. The molecule has 0 aliphatic carbocycles. The molecule has 0 fully saturated rings. The van der Waals surface area contributed by atoms with E-state index >= 15 is 0 Å². The Balaban J connectivity index is 5.24. The van der Waals surface area contributed by atoms with Gasteiger partial charge in [-0.1, -0.05) is 252 Å². The van der Waals surface area contributed by atoms with Crippen LogP contribution in [0.15, 0.2) is 109 Å². The van der Waals surface area contributed by atoms with Crippen molar-refractivity contribution >= 4 is 19.7 Å². The number of hydrogen-bond donors (Lipinski definition) is 1. The summed E-state index contributed by atoms with van der Waals surface area (Å²) < 4.78 is 30.3. The fraction of sp³-hybridized carbons (Fsp3) is 0.714. The van der Waals surface area contributed by atoms with Crippen molar-refractivity contribution in [3.05, 3.63) is 109 Å². The van der Waals surface area contributed by atoms with Crippen LogP contribution in [0.25, 0.3) is 0 Å². The fourth-order valence-corrected chi connectivity index (χ4v) is 9.57. The van der Waals surface area contributed by atoms with Crippen LogP contribution in [0.5, 0.6) is 0 Å². The molecule has 3 unspecified atom stereocenters. The van der Waals surface area contributed by atoms with Gasteiger partial charge in [0.05, 0.1) is 33.8 Å². The maximum absolute atomic E-state index is 13.6. The number of unbranched alkanes of at least 4 members (excludes halogenated alkanes) is 26. The summed E-state index contributed by atoms with van der Waals surface area (Å²) in [4.78, 5) is 40.0. The summed E-state index contributed by atoms with van der Waals surface area (Å²) in [6.45, 7) is 6.74. The van der Waals surface area contributed by atoms with E-state index in [1.165, 1.54) is 135 Å². The minimum Gasteiger partial charge on any atom is -0.756 e. The number of carbonyl (C=O) groups excluding carboxylic acids is 2. The molecule has 0 aliphatic rings. The topological polar surface area (TPSA) is 114 Å². The first-order chi connectivity index (χ1) is 38.9. The van der Waals surface area contributed by atoms with E-state index in [0.29, 0.717) is 23.9 Å². The van der Waals surface area contributed by atoms with Crippen molar-refractivity contribution in [3.63, 3.8) is 0 Å². The van der Waals surface area contributed by atoms with Crippen LogP contribution in [0, 0.1) is 0 Å². The number of amides is 1. The van der Waals surface area contributed by atoms with E-state index in [1.807, 2.05) is 33.3 Å². The molecule has 0 spiro atoms. The van der Waals surface area contributed by atoms with Crippen molar-refractivity contribution in [1.29, 1.82) is 0 Å². The molecule has 9 nitrogen and oxygen atoms in total. The lowest BCUT2D eigenvalue weighted by atomic mass is 10.0. The van der Waals surface area contributed by atoms with E-state index in [1.54, 1.807) is 0 Å². The van der Waals surface area contributed by atoms with Gasteiger partial charge in [-0.15, -0.1) is 0 Å². The number of ether oxygens (including phenoxy) is 1. The molecule has 0 radical (unpaired) electrons. The first-order valence-corrected chi connectivity index (χ1v) is 34.2. The number of esters is 1. The molecule has 0 saturated carbocycles. The van der Waals surface area contributed by atoms with E-state index in [0.717, 1.165) is 96.3 Å². The zero-order valence-electron chi connectivity index (χ0n) is 52.5. The van der Waals surface area contributed by atoms with E-state index in [9.17, 15) is 19.0 Å². The zero-order chi connectivity index (χ0) is 58.6. The number of rotatable bonds is 58. The summed E-state index contributed by atoms with van der Waals surface area (Å²) in [5.41, 5.74) is 0. The molecule has 0 rings (SSSR count). The number of phosphoric ester groups is 1. The summed E-state index contributed by atoms with van der Waals surface area (Å²) in [6.07, 6.45) is 80.6. The summed E-state index contributed by atoms with van der Waals surface area (Å²) in [7, 11) is 1.14. The minimum absolute atomic E-state index is 0.0370. The van der Waals surface area contributed by atoms with Crippen LogP contribution in [0.3, 0.4) is 0 Å². The summed E-state index contributed by atoms with van der Waals surface area (Å²) >= 11 is 0. The van der Waals surface area contributed by atoms with Crippen molar-refractivity contribution in [2.75, 3.05) is 40.9 Å². The Bertz CT molecular complexity index is 1740. The normalized spacial score (nSPS) is 14.3. The van der Waals surface area contributed by atoms with Gasteiger partial charge in [-0.2, -0.15) is 0 Å². The Labute approximate surface area is 493 Å². The van der Waals surface area contributed by atoms with Crippen molar-refractivity contribution in [1.82, 2.24) is 5.32 Å². The van der Waals surface area contributed by atoms with Gasteiger partial charge in [0, 0.05) is 12.8 Å². The third kappa shape index (κ3) is 59.3. The van der Waals surface area contributed by atoms with Crippen LogP contribution in [-0.4, -0.2) is 69.4 Å². The van der Waals surface area contributed by atoms with Crippen LogP contribution in [0.2, 0.25) is 0 Å². The van der Waals surface area contributed by atoms with Crippen LogP contribution in [-0.2, 0) is 27.9 Å². The Morgan fingerprint density at radius 1 is 0.438 bits per heavy atom. The lowest BCUT2D eigenvalue weighted by molar-refractivity contribution is -0.870. The number of allylic oxidation sites excluding steroid dienone is 17. The van der Waals surface area contributed by atoms with Crippen LogP contribution in [0.4, 0.5) is 0 Å². The monoisotopic (exact) mass is 1130 g/mol. The van der Waals surface area contributed by atoms with Gasteiger partial charge in [0.15, 0.2) is 0 Å². The Morgan fingerprint density at radius 2 is 0.775 bits per heavy atom. The molecule has 0 aliphatic heterocycles. The first-order valence-electron chi connectivity index (χ1n) is 32.7. The lowest BCUT2D eigenvalue weighted by Crippen LogP contribution is -2.47. The van der Waals surface area contributed by atoms with Gasteiger partial charge < -0.3 is 28.5 Å². The largest absolute Gasteiger partial charge is 0.756 e. The van der Waals surface area contributed by atoms with Gasteiger partial charge >= 0.3 is 5.97 Å². The Morgan fingerprint density at radius 3 is 1.19 bits per heavy atom. The summed E-state index contributed by atoms with van der Waals surface area (Å²) in [6, 6.07) is -0.921. The molecule has 0 aromatic carbocycles. The predicted octanol–water partition coefficient (Wildman–Crippen LogP) is 19.9. The molecular formula is C70H123N2O7P. The van der Waals surface area contributed by atoms with Crippen molar-refractivity contribution in [2.45, 2.75) is 283 Å². The van der Waals surface area contributed by atoms with Crippen molar-refractivity contribution in [3.8, 4) is 0 Å². The highest BCUT2D eigenvalue weighted by molar-refractivity contribution is 7.45.